The Hall–Kier alpha value is -0.440. The monoisotopic (exact) mass is 171 g/mol. The summed E-state index contributed by atoms with van der Waals surface area (Å²) in [6.45, 7) is 8.67. The molecule has 0 amide bonds. The lowest BCUT2D eigenvalue weighted by atomic mass is 9.98. The average molecular weight is 171 g/mol. The van der Waals surface area contributed by atoms with Gasteiger partial charge in [0.25, 0.3) is 5.01 Å². The summed E-state index contributed by atoms with van der Waals surface area (Å²) in [7, 11) is 2.00. The van der Waals surface area contributed by atoms with Crippen molar-refractivity contribution in [3.63, 3.8) is 0 Å². The standard InChI is InChI=1S/C8H15N2S/c1-6-9-10(5)7(11-6)8(2,3)4/h1-5H3/q+1. The highest BCUT2D eigenvalue weighted by molar-refractivity contribution is 7.11. The van der Waals surface area contributed by atoms with Gasteiger partial charge >= 0.3 is 0 Å². The SMILES string of the molecule is Cc1n[n+](C)c(C(C)(C)C)s1. The highest BCUT2D eigenvalue weighted by Gasteiger charge is 2.27. The molecule has 0 bridgehead atoms. The molecule has 0 saturated heterocycles. The molecule has 62 valence electrons. The van der Waals surface area contributed by atoms with E-state index < -0.39 is 0 Å². The highest BCUT2D eigenvalue weighted by Crippen LogP contribution is 2.23. The minimum Gasteiger partial charge on any atom is -0.0795 e. The van der Waals surface area contributed by atoms with Crippen molar-refractivity contribution >= 4 is 11.3 Å². The first-order valence-electron chi connectivity index (χ1n) is 3.75. The predicted molar refractivity (Wildman–Crippen MR) is 46.7 cm³/mol. The molecule has 1 aromatic rings. The number of hydrogen-bond donors (Lipinski definition) is 0. The Morgan fingerprint density at radius 2 is 1.91 bits per heavy atom. The average Bonchev–Trinajstić information content (AvgIpc) is 2.08. The molecule has 1 heterocycles. The van der Waals surface area contributed by atoms with Gasteiger partial charge in [0.05, 0.1) is 5.41 Å². The zero-order valence-corrected chi connectivity index (χ0v) is 8.62. The molecule has 0 fully saturated rings. The third-order valence-electron chi connectivity index (χ3n) is 1.47. The summed E-state index contributed by atoms with van der Waals surface area (Å²) in [5, 5.41) is 6.78. The quantitative estimate of drug-likeness (QED) is 0.541. The summed E-state index contributed by atoms with van der Waals surface area (Å²) < 4.78 is 1.97. The zero-order valence-electron chi connectivity index (χ0n) is 7.80. The Labute approximate surface area is 71.9 Å². The summed E-state index contributed by atoms with van der Waals surface area (Å²) in [5.41, 5.74) is 0.223. The lowest BCUT2D eigenvalue weighted by molar-refractivity contribution is -0.735. The van der Waals surface area contributed by atoms with Crippen molar-refractivity contribution in [2.45, 2.75) is 33.1 Å². The van der Waals surface area contributed by atoms with E-state index in [1.54, 1.807) is 11.3 Å². The smallest absolute Gasteiger partial charge is 0.0795 e. The Balaban J connectivity index is 3.13. The maximum atomic E-state index is 4.31. The fraction of sp³-hybridized carbons (Fsp3) is 0.750. The molecule has 11 heavy (non-hydrogen) atoms. The van der Waals surface area contributed by atoms with Gasteiger partial charge < -0.3 is 0 Å². The molecular weight excluding hydrogens is 156 g/mol. The molecule has 0 aliphatic rings. The number of rotatable bonds is 0. The van der Waals surface area contributed by atoms with Crippen LogP contribution in [0, 0.1) is 6.92 Å². The van der Waals surface area contributed by atoms with Crippen molar-refractivity contribution < 1.29 is 4.68 Å². The van der Waals surface area contributed by atoms with Gasteiger partial charge in [-0.05, 0) is 39.0 Å². The van der Waals surface area contributed by atoms with Crippen LogP contribution in [0.1, 0.15) is 30.8 Å². The van der Waals surface area contributed by atoms with E-state index in [4.69, 9.17) is 0 Å². The fourth-order valence-corrected chi connectivity index (χ4v) is 2.04. The van der Waals surface area contributed by atoms with E-state index in [0.717, 1.165) is 5.01 Å². The van der Waals surface area contributed by atoms with Gasteiger partial charge in [-0.25, -0.2) is 0 Å². The zero-order chi connectivity index (χ0) is 8.65. The van der Waals surface area contributed by atoms with Gasteiger partial charge in [0.15, 0.2) is 12.1 Å². The van der Waals surface area contributed by atoms with Gasteiger partial charge in [0.1, 0.15) is 0 Å². The number of aryl methyl sites for hydroxylation is 2. The maximum Gasteiger partial charge on any atom is 0.270 e. The molecule has 2 nitrogen and oxygen atoms in total. The first kappa shape index (κ1) is 8.65. The number of aromatic nitrogens is 2. The minimum atomic E-state index is 0.223. The summed E-state index contributed by atoms with van der Waals surface area (Å²) in [6, 6.07) is 0. The molecule has 0 N–H and O–H groups in total. The molecule has 0 radical (unpaired) electrons. The summed E-state index contributed by atoms with van der Waals surface area (Å²) in [4.78, 5) is 0. The van der Waals surface area contributed by atoms with Crippen LogP contribution in [0.15, 0.2) is 0 Å². The van der Waals surface area contributed by atoms with Crippen molar-refractivity contribution in [2.75, 3.05) is 0 Å². The summed E-state index contributed by atoms with van der Waals surface area (Å²) in [5.74, 6) is 0. The first-order chi connectivity index (χ1) is 4.91. The lowest BCUT2D eigenvalue weighted by Gasteiger charge is -2.09. The van der Waals surface area contributed by atoms with E-state index in [1.165, 1.54) is 5.01 Å². The topological polar surface area (TPSA) is 16.8 Å². The van der Waals surface area contributed by atoms with E-state index in [-0.39, 0.29) is 5.41 Å². The molecule has 0 aliphatic heterocycles. The van der Waals surface area contributed by atoms with Gasteiger partial charge in [-0.1, -0.05) is 4.68 Å². The Kier molecular flexibility index (Phi) is 2.01. The molecule has 0 aliphatic carbocycles. The van der Waals surface area contributed by atoms with Gasteiger partial charge in [0.2, 0.25) is 0 Å². The molecule has 0 atom stereocenters. The summed E-state index contributed by atoms with van der Waals surface area (Å²) in [6.07, 6.45) is 0. The van der Waals surface area contributed by atoms with Crippen molar-refractivity contribution in [1.82, 2.24) is 5.10 Å². The Morgan fingerprint density at radius 1 is 1.36 bits per heavy atom. The molecule has 0 unspecified atom stereocenters. The van der Waals surface area contributed by atoms with Gasteiger partial charge in [0, 0.05) is 5.10 Å². The molecule has 3 heteroatoms. The highest BCUT2D eigenvalue weighted by atomic mass is 32.1. The summed E-state index contributed by atoms with van der Waals surface area (Å²) >= 11 is 1.77. The third-order valence-corrected chi connectivity index (χ3v) is 2.92. The second-order valence-corrected chi connectivity index (χ2v) is 4.98. The lowest BCUT2D eigenvalue weighted by Crippen LogP contribution is -2.39. The van der Waals surface area contributed by atoms with Crippen LogP contribution in [-0.4, -0.2) is 5.10 Å². The van der Waals surface area contributed by atoms with Crippen LogP contribution in [0.4, 0.5) is 0 Å². The van der Waals surface area contributed by atoms with Crippen LogP contribution in [0.3, 0.4) is 0 Å². The van der Waals surface area contributed by atoms with E-state index in [1.807, 2.05) is 18.7 Å². The predicted octanol–water partition coefficient (Wildman–Crippen LogP) is 1.57. The molecule has 0 spiro atoms. The minimum absolute atomic E-state index is 0.223. The van der Waals surface area contributed by atoms with E-state index in [9.17, 15) is 0 Å². The van der Waals surface area contributed by atoms with Gasteiger partial charge in [-0.15, -0.1) is 0 Å². The van der Waals surface area contributed by atoms with Crippen molar-refractivity contribution in [1.29, 1.82) is 0 Å². The van der Waals surface area contributed by atoms with Crippen LogP contribution in [-0.2, 0) is 12.5 Å². The van der Waals surface area contributed by atoms with Crippen LogP contribution < -0.4 is 4.68 Å². The van der Waals surface area contributed by atoms with Crippen LogP contribution in [0.25, 0.3) is 0 Å². The van der Waals surface area contributed by atoms with Gasteiger partial charge in [-0.3, -0.25) is 0 Å². The van der Waals surface area contributed by atoms with E-state index in [0.29, 0.717) is 0 Å². The normalized spacial score (nSPS) is 12.1. The Morgan fingerprint density at radius 3 is 2.09 bits per heavy atom. The fourth-order valence-electron chi connectivity index (χ4n) is 1.12. The van der Waals surface area contributed by atoms with Crippen LogP contribution in [0.2, 0.25) is 0 Å². The van der Waals surface area contributed by atoms with Crippen molar-refractivity contribution in [3.05, 3.63) is 10.0 Å². The van der Waals surface area contributed by atoms with Crippen molar-refractivity contribution in [2.24, 2.45) is 7.05 Å². The van der Waals surface area contributed by atoms with Crippen molar-refractivity contribution in [3.8, 4) is 0 Å². The van der Waals surface area contributed by atoms with Crippen LogP contribution >= 0.6 is 11.3 Å². The molecule has 1 rings (SSSR count). The van der Waals surface area contributed by atoms with Gasteiger partial charge in [-0.2, -0.15) is 0 Å². The van der Waals surface area contributed by atoms with Crippen LogP contribution in [0.5, 0.6) is 0 Å². The molecule has 1 aromatic heterocycles. The number of hydrogen-bond acceptors (Lipinski definition) is 2. The number of nitrogens with zero attached hydrogens (tertiary/aromatic N) is 2. The molecule has 0 aromatic carbocycles. The maximum absolute atomic E-state index is 4.31. The molecule has 0 saturated carbocycles. The second-order valence-electron chi connectivity index (χ2n) is 3.80. The van der Waals surface area contributed by atoms with E-state index >= 15 is 0 Å². The molecular formula is C8H15N2S+. The Bertz CT molecular complexity index is 258. The first-order valence-corrected chi connectivity index (χ1v) is 4.57. The second kappa shape index (κ2) is 2.55. The largest absolute Gasteiger partial charge is 0.270 e. The van der Waals surface area contributed by atoms with E-state index in [2.05, 4.69) is 25.9 Å². The third kappa shape index (κ3) is 1.77.